The second-order valence-electron chi connectivity index (χ2n) is 4.32. The molecule has 0 radical (unpaired) electrons. The molecule has 0 atom stereocenters. The second-order valence-corrected chi connectivity index (χ2v) is 6.79. The number of nitrogens with one attached hydrogen (secondary N) is 1. The largest absolute Gasteiger partial charge is 0.326 e. The van der Waals surface area contributed by atoms with Crippen molar-refractivity contribution in [1.29, 1.82) is 0 Å². The molecule has 1 aromatic carbocycles. The normalized spacial score (nSPS) is 16.8. The standard InChI is InChI=1S/C13H16INOS/c14-11-2-1-3-12(9-11)15-13(16)8-10-4-6-17-7-5-10/h1-3,9-10H,4-8H2,(H,15,16). The third kappa shape index (κ3) is 4.50. The summed E-state index contributed by atoms with van der Waals surface area (Å²) < 4.78 is 1.15. The number of halogens is 1. The molecule has 2 rings (SSSR count). The van der Waals surface area contributed by atoms with E-state index in [2.05, 4.69) is 27.9 Å². The van der Waals surface area contributed by atoms with Gasteiger partial charge < -0.3 is 5.32 Å². The first kappa shape index (κ1) is 13.2. The van der Waals surface area contributed by atoms with Crippen molar-refractivity contribution in [2.75, 3.05) is 16.8 Å². The third-order valence-corrected chi connectivity index (χ3v) is 4.64. The molecule has 1 aromatic rings. The number of thioether (sulfide) groups is 1. The molecule has 2 nitrogen and oxygen atoms in total. The van der Waals surface area contributed by atoms with E-state index in [0.717, 1.165) is 9.26 Å². The van der Waals surface area contributed by atoms with Gasteiger partial charge in [0, 0.05) is 15.7 Å². The summed E-state index contributed by atoms with van der Waals surface area (Å²) in [4.78, 5) is 11.9. The van der Waals surface area contributed by atoms with Crippen molar-refractivity contribution in [3.8, 4) is 0 Å². The van der Waals surface area contributed by atoms with Crippen LogP contribution in [0.3, 0.4) is 0 Å². The molecule has 0 spiro atoms. The van der Waals surface area contributed by atoms with Gasteiger partial charge in [0.2, 0.25) is 5.91 Å². The molecule has 0 unspecified atom stereocenters. The van der Waals surface area contributed by atoms with Gasteiger partial charge in [-0.05, 0) is 71.1 Å². The Bertz CT molecular complexity index is 391. The van der Waals surface area contributed by atoms with Crippen LogP contribution in [0.1, 0.15) is 19.3 Å². The van der Waals surface area contributed by atoms with Crippen molar-refractivity contribution in [2.45, 2.75) is 19.3 Å². The van der Waals surface area contributed by atoms with E-state index < -0.39 is 0 Å². The first-order valence-electron chi connectivity index (χ1n) is 5.87. The minimum Gasteiger partial charge on any atom is -0.326 e. The Balaban J connectivity index is 1.84. The topological polar surface area (TPSA) is 29.1 Å². The van der Waals surface area contributed by atoms with Crippen molar-refractivity contribution in [2.24, 2.45) is 5.92 Å². The predicted octanol–water partition coefficient (Wildman–Crippen LogP) is 3.76. The van der Waals surface area contributed by atoms with Gasteiger partial charge in [-0.15, -0.1) is 0 Å². The number of rotatable bonds is 3. The van der Waals surface area contributed by atoms with Crippen LogP contribution in [0, 0.1) is 9.49 Å². The van der Waals surface area contributed by atoms with Crippen LogP contribution in [0.25, 0.3) is 0 Å². The number of carbonyl (C=O) groups excluding carboxylic acids is 1. The van der Waals surface area contributed by atoms with Crippen LogP contribution < -0.4 is 5.32 Å². The number of benzene rings is 1. The third-order valence-electron chi connectivity index (χ3n) is 2.92. The van der Waals surface area contributed by atoms with Crippen molar-refractivity contribution in [1.82, 2.24) is 0 Å². The summed E-state index contributed by atoms with van der Waals surface area (Å²) in [5.74, 6) is 3.16. The molecule has 17 heavy (non-hydrogen) atoms. The van der Waals surface area contributed by atoms with E-state index in [1.807, 2.05) is 36.0 Å². The van der Waals surface area contributed by atoms with Crippen LogP contribution in [0.4, 0.5) is 5.69 Å². The maximum atomic E-state index is 11.9. The van der Waals surface area contributed by atoms with E-state index in [9.17, 15) is 4.79 Å². The Morgan fingerprint density at radius 3 is 2.88 bits per heavy atom. The molecule has 92 valence electrons. The highest BCUT2D eigenvalue weighted by Crippen LogP contribution is 2.25. The van der Waals surface area contributed by atoms with Gasteiger partial charge in [-0.1, -0.05) is 6.07 Å². The number of amides is 1. The molecule has 0 saturated carbocycles. The van der Waals surface area contributed by atoms with Gasteiger partial charge in [0.05, 0.1) is 0 Å². The predicted molar refractivity (Wildman–Crippen MR) is 82.5 cm³/mol. The molecule has 0 bridgehead atoms. The van der Waals surface area contributed by atoms with Crippen molar-refractivity contribution in [3.05, 3.63) is 27.8 Å². The van der Waals surface area contributed by atoms with Gasteiger partial charge in [0.15, 0.2) is 0 Å². The highest BCUT2D eigenvalue weighted by molar-refractivity contribution is 14.1. The lowest BCUT2D eigenvalue weighted by atomic mass is 9.98. The van der Waals surface area contributed by atoms with E-state index in [0.29, 0.717) is 12.3 Å². The van der Waals surface area contributed by atoms with Crippen LogP contribution >= 0.6 is 34.4 Å². The molecule has 0 aromatic heterocycles. The van der Waals surface area contributed by atoms with E-state index in [1.54, 1.807) is 0 Å². The molecule has 1 saturated heterocycles. The molecular weight excluding hydrogens is 345 g/mol. The lowest BCUT2D eigenvalue weighted by molar-refractivity contribution is -0.117. The van der Waals surface area contributed by atoms with Crippen LogP contribution in [-0.4, -0.2) is 17.4 Å². The summed E-state index contributed by atoms with van der Waals surface area (Å²) in [6, 6.07) is 7.93. The maximum absolute atomic E-state index is 11.9. The van der Waals surface area contributed by atoms with Gasteiger partial charge in [-0.25, -0.2) is 0 Å². The summed E-state index contributed by atoms with van der Waals surface area (Å²) in [6.07, 6.45) is 3.04. The monoisotopic (exact) mass is 361 g/mol. The van der Waals surface area contributed by atoms with Crippen molar-refractivity contribution in [3.63, 3.8) is 0 Å². The van der Waals surface area contributed by atoms with Crippen molar-refractivity contribution >= 4 is 45.9 Å². The number of carbonyl (C=O) groups is 1. The summed E-state index contributed by atoms with van der Waals surface area (Å²) in [6.45, 7) is 0. The fraction of sp³-hybridized carbons (Fsp3) is 0.462. The first-order valence-corrected chi connectivity index (χ1v) is 8.10. The maximum Gasteiger partial charge on any atom is 0.224 e. The summed E-state index contributed by atoms with van der Waals surface area (Å²) in [5.41, 5.74) is 0.909. The molecule has 1 aliphatic rings. The average molecular weight is 361 g/mol. The highest BCUT2D eigenvalue weighted by atomic mass is 127. The Morgan fingerprint density at radius 1 is 1.41 bits per heavy atom. The lowest BCUT2D eigenvalue weighted by Gasteiger charge is -2.20. The fourth-order valence-electron chi connectivity index (χ4n) is 1.99. The zero-order valence-electron chi connectivity index (χ0n) is 9.62. The molecular formula is C13H16INOS. The zero-order valence-corrected chi connectivity index (χ0v) is 12.6. The molecule has 1 amide bonds. The Morgan fingerprint density at radius 2 is 2.18 bits per heavy atom. The summed E-state index contributed by atoms with van der Waals surface area (Å²) in [5, 5.41) is 2.98. The first-order chi connectivity index (χ1) is 8.24. The number of anilines is 1. The van der Waals surface area contributed by atoms with Crippen LogP contribution in [-0.2, 0) is 4.79 Å². The molecule has 4 heteroatoms. The van der Waals surface area contributed by atoms with Crippen LogP contribution in [0.2, 0.25) is 0 Å². The quantitative estimate of drug-likeness (QED) is 0.831. The van der Waals surface area contributed by atoms with Gasteiger partial charge in [0.1, 0.15) is 0 Å². The fourth-order valence-corrected chi connectivity index (χ4v) is 3.74. The van der Waals surface area contributed by atoms with Gasteiger partial charge >= 0.3 is 0 Å². The smallest absolute Gasteiger partial charge is 0.224 e. The molecule has 1 fully saturated rings. The number of hydrogen-bond donors (Lipinski definition) is 1. The zero-order chi connectivity index (χ0) is 12.1. The number of hydrogen-bond acceptors (Lipinski definition) is 2. The SMILES string of the molecule is O=C(CC1CCSCC1)Nc1cccc(I)c1. The molecule has 0 aliphatic carbocycles. The van der Waals surface area contributed by atoms with Gasteiger partial charge in [-0.2, -0.15) is 11.8 Å². The van der Waals surface area contributed by atoms with E-state index in [-0.39, 0.29) is 5.91 Å². The highest BCUT2D eigenvalue weighted by Gasteiger charge is 2.17. The second kappa shape index (κ2) is 6.64. The molecule has 1 N–H and O–H groups in total. The lowest BCUT2D eigenvalue weighted by Crippen LogP contribution is -2.19. The Hall–Kier alpha value is -0.230. The minimum atomic E-state index is 0.156. The van der Waals surface area contributed by atoms with E-state index >= 15 is 0 Å². The van der Waals surface area contributed by atoms with Crippen LogP contribution in [0.5, 0.6) is 0 Å². The summed E-state index contributed by atoms with van der Waals surface area (Å²) in [7, 11) is 0. The van der Waals surface area contributed by atoms with E-state index in [4.69, 9.17) is 0 Å². The van der Waals surface area contributed by atoms with Crippen molar-refractivity contribution < 1.29 is 4.79 Å². The van der Waals surface area contributed by atoms with Crippen LogP contribution in [0.15, 0.2) is 24.3 Å². The Kier molecular flexibility index (Phi) is 5.16. The van der Waals surface area contributed by atoms with E-state index in [1.165, 1.54) is 24.3 Å². The molecule has 1 heterocycles. The van der Waals surface area contributed by atoms with Gasteiger partial charge in [-0.3, -0.25) is 4.79 Å². The minimum absolute atomic E-state index is 0.156. The average Bonchev–Trinajstić information content (AvgIpc) is 2.30. The van der Waals surface area contributed by atoms with Gasteiger partial charge in [0.25, 0.3) is 0 Å². The summed E-state index contributed by atoms with van der Waals surface area (Å²) >= 11 is 4.25. The Labute approximate surface area is 120 Å². The molecule has 1 aliphatic heterocycles.